The van der Waals surface area contributed by atoms with Crippen LogP contribution in [0.2, 0.25) is 0 Å². The van der Waals surface area contributed by atoms with Gasteiger partial charge in [0.15, 0.2) is 0 Å². The SMILES string of the molecule is COc1cc(C(=O)O)ccc1CCNC(=O)C(C)c1c(C)nn(C)c1C. The van der Waals surface area contributed by atoms with Gasteiger partial charge in [-0.05, 0) is 44.9 Å². The molecule has 1 unspecified atom stereocenters. The van der Waals surface area contributed by atoms with Crippen LogP contribution in [0.1, 0.15) is 45.7 Å². The predicted octanol–water partition coefficient (Wildman–Crippen LogP) is 2.21. The maximum absolute atomic E-state index is 12.5. The first-order chi connectivity index (χ1) is 12.3. The lowest BCUT2D eigenvalue weighted by Crippen LogP contribution is -2.30. The van der Waals surface area contributed by atoms with Crippen molar-refractivity contribution in [3.63, 3.8) is 0 Å². The van der Waals surface area contributed by atoms with Crippen LogP contribution in [0.3, 0.4) is 0 Å². The third-order valence-corrected chi connectivity index (χ3v) is 4.62. The Morgan fingerprint density at radius 2 is 2.04 bits per heavy atom. The van der Waals surface area contributed by atoms with Gasteiger partial charge in [0, 0.05) is 24.8 Å². The van der Waals surface area contributed by atoms with Crippen molar-refractivity contribution in [3.8, 4) is 5.75 Å². The average Bonchev–Trinajstić information content (AvgIpc) is 2.86. The fourth-order valence-electron chi connectivity index (χ4n) is 3.11. The van der Waals surface area contributed by atoms with Crippen molar-refractivity contribution in [1.82, 2.24) is 15.1 Å². The Bertz CT molecular complexity index is 826. The van der Waals surface area contributed by atoms with Crippen molar-refractivity contribution in [2.24, 2.45) is 7.05 Å². The number of hydrogen-bond acceptors (Lipinski definition) is 4. The average molecular weight is 359 g/mol. The zero-order valence-electron chi connectivity index (χ0n) is 15.8. The number of hydrogen-bond donors (Lipinski definition) is 2. The van der Waals surface area contributed by atoms with E-state index < -0.39 is 5.97 Å². The number of amides is 1. The highest BCUT2D eigenvalue weighted by atomic mass is 16.5. The molecule has 0 aliphatic carbocycles. The lowest BCUT2D eigenvalue weighted by atomic mass is 9.98. The van der Waals surface area contributed by atoms with Crippen LogP contribution in [-0.4, -0.2) is 40.4 Å². The van der Waals surface area contributed by atoms with E-state index in [9.17, 15) is 9.59 Å². The number of carboxylic acid groups (broad SMARTS) is 1. The van der Waals surface area contributed by atoms with E-state index in [0.717, 1.165) is 22.5 Å². The van der Waals surface area contributed by atoms with Gasteiger partial charge in [0.1, 0.15) is 5.75 Å². The van der Waals surface area contributed by atoms with Crippen molar-refractivity contribution >= 4 is 11.9 Å². The third kappa shape index (κ3) is 4.04. The molecule has 7 heteroatoms. The minimum atomic E-state index is -1.00. The highest BCUT2D eigenvalue weighted by molar-refractivity contribution is 5.88. The summed E-state index contributed by atoms with van der Waals surface area (Å²) < 4.78 is 7.04. The molecule has 2 N–H and O–H groups in total. The summed E-state index contributed by atoms with van der Waals surface area (Å²) in [5.41, 5.74) is 3.81. The number of aryl methyl sites for hydroxylation is 2. The number of carboxylic acids is 1. The van der Waals surface area contributed by atoms with E-state index in [1.807, 2.05) is 27.8 Å². The highest BCUT2D eigenvalue weighted by Crippen LogP contribution is 2.23. The summed E-state index contributed by atoms with van der Waals surface area (Å²) in [6.45, 7) is 6.16. The number of carbonyl (C=O) groups is 2. The number of aromatic carboxylic acids is 1. The third-order valence-electron chi connectivity index (χ3n) is 4.62. The zero-order chi connectivity index (χ0) is 19.4. The first kappa shape index (κ1) is 19.5. The van der Waals surface area contributed by atoms with Crippen LogP contribution < -0.4 is 10.1 Å². The lowest BCUT2D eigenvalue weighted by molar-refractivity contribution is -0.122. The molecule has 2 aromatic rings. The number of rotatable bonds is 7. The Balaban J connectivity index is 2.01. The molecule has 0 bridgehead atoms. The second-order valence-electron chi connectivity index (χ2n) is 6.30. The smallest absolute Gasteiger partial charge is 0.335 e. The van der Waals surface area contributed by atoms with Crippen LogP contribution in [0.5, 0.6) is 5.75 Å². The number of aromatic nitrogens is 2. The molecule has 1 atom stereocenters. The predicted molar refractivity (Wildman–Crippen MR) is 97.8 cm³/mol. The summed E-state index contributed by atoms with van der Waals surface area (Å²) in [6, 6.07) is 4.74. The monoisotopic (exact) mass is 359 g/mol. The van der Waals surface area contributed by atoms with E-state index in [4.69, 9.17) is 9.84 Å². The summed E-state index contributed by atoms with van der Waals surface area (Å²) in [4.78, 5) is 23.5. The molecule has 0 radical (unpaired) electrons. The highest BCUT2D eigenvalue weighted by Gasteiger charge is 2.22. The normalized spacial score (nSPS) is 11.9. The number of ether oxygens (including phenoxy) is 1. The molecule has 0 saturated heterocycles. The van der Waals surface area contributed by atoms with E-state index in [0.29, 0.717) is 18.7 Å². The molecule has 0 saturated carbocycles. The maximum Gasteiger partial charge on any atom is 0.335 e. The van der Waals surface area contributed by atoms with E-state index in [-0.39, 0.29) is 17.4 Å². The zero-order valence-corrected chi connectivity index (χ0v) is 15.8. The fraction of sp³-hybridized carbons (Fsp3) is 0.421. The van der Waals surface area contributed by atoms with Gasteiger partial charge in [0.2, 0.25) is 5.91 Å². The molecule has 1 amide bonds. The van der Waals surface area contributed by atoms with Crippen molar-refractivity contribution in [1.29, 1.82) is 0 Å². The first-order valence-corrected chi connectivity index (χ1v) is 8.44. The van der Waals surface area contributed by atoms with E-state index in [1.54, 1.807) is 10.7 Å². The minimum Gasteiger partial charge on any atom is -0.496 e. The molecular formula is C19H25N3O4. The Hall–Kier alpha value is -2.83. The van der Waals surface area contributed by atoms with Crippen molar-refractivity contribution < 1.29 is 19.4 Å². The van der Waals surface area contributed by atoms with Gasteiger partial charge in [-0.25, -0.2) is 4.79 Å². The largest absolute Gasteiger partial charge is 0.496 e. The van der Waals surface area contributed by atoms with Gasteiger partial charge >= 0.3 is 5.97 Å². The van der Waals surface area contributed by atoms with Gasteiger partial charge in [0.25, 0.3) is 0 Å². The Morgan fingerprint density at radius 1 is 1.35 bits per heavy atom. The lowest BCUT2D eigenvalue weighted by Gasteiger charge is -2.14. The summed E-state index contributed by atoms with van der Waals surface area (Å²) in [5.74, 6) is -0.851. The molecule has 0 fully saturated rings. The summed E-state index contributed by atoms with van der Waals surface area (Å²) >= 11 is 0. The maximum atomic E-state index is 12.5. The quantitative estimate of drug-likeness (QED) is 0.790. The van der Waals surface area contributed by atoms with Crippen LogP contribution in [0.4, 0.5) is 0 Å². The van der Waals surface area contributed by atoms with Crippen LogP contribution in [0.25, 0.3) is 0 Å². The molecule has 1 aromatic heterocycles. The number of nitrogens with one attached hydrogen (secondary N) is 1. The van der Waals surface area contributed by atoms with Gasteiger partial charge in [-0.3, -0.25) is 9.48 Å². The molecule has 1 aromatic carbocycles. The minimum absolute atomic E-state index is 0.0645. The summed E-state index contributed by atoms with van der Waals surface area (Å²) in [5, 5.41) is 16.3. The summed E-state index contributed by atoms with van der Waals surface area (Å²) in [6.07, 6.45) is 0.548. The molecule has 0 aliphatic rings. The van der Waals surface area contributed by atoms with Crippen LogP contribution in [0.15, 0.2) is 18.2 Å². The van der Waals surface area contributed by atoms with Crippen molar-refractivity contribution in [2.75, 3.05) is 13.7 Å². The second-order valence-corrected chi connectivity index (χ2v) is 6.30. The number of nitrogens with zero attached hydrogens (tertiary/aromatic N) is 2. The van der Waals surface area contributed by atoms with Gasteiger partial charge in [0.05, 0.1) is 24.3 Å². The molecule has 7 nitrogen and oxygen atoms in total. The van der Waals surface area contributed by atoms with Crippen molar-refractivity contribution in [2.45, 2.75) is 33.1 Å². The molecule has 1 heterocycles. The van der Waals surface area contributed by atoms with Gasteiger partial charge in [-0.15, -0.1) is 0 Å². The molecule has 26 heavy (non-hydrogen) atoms. The standard InChI is InChI=1S/C19H25N3O4/c1-11(17-12(2)21-22(4)13(17)3)18(23)20-9-8-14-6-7-15(19(24)25)10-16(14)26-5/h6-7,10-11H,8-9H2,1-5H3,(H,20,23)(H,24,25). The molecular weight excluding hydrogens is 334 g/mol. The Morgan fingerprint density at radius 3 is 2.58 bits per heavy atom. The van der Waals surface area contributed by atoms with Crippen LogP contribution in [0, 0.1) is 13.8 Å². The number of carbonyl (C=O) groups excluding carboxylic acids is 1. The van der Waals surface area contributed by atoms with Gasteiger partial charge in [-0.2, -0.15) is 5.10 Å². The molecule has 0 spiro atoms. The van der Waals surface area contributed by atoms with E-state index >= 15 is 0 Å². The molecule has 140 valence electrons. The Kier molecular flexibility index (Phi) is 6.02. The van der Waals surface area contributed by atoms with Crippen LogP contribution in [-0.2, 0) is 18.3 Å². The summed E-state index contributed by atoms with van der Waals surface area (Å²) in [7, 11) is 3.36. The number of methoxy groups -OCH3 is 1. The fourth-order valence-corrected chi connectivity index (χ4v) is 3.11. The van der Waals surface area contributed by atoms with Crippen LogP contribution >= 0.6 is 0 Å². The van der Waals surface area contributed by atoms with Gasteiger partial charge in [-0.1, -0.05) is 6.07 Å². The first-order valence-electron chi connectivity index (χ1n) is 8.44. The molecule has 0 aliphatic heterocycles. The Labute approximate surface area is 153 Å². The number of benzene rings is 1. The second kappa shape index (κ2) is 8.03. The van der Waals surface area contributed by atoms with Gasteiger partial charge < -0.3 is 15.2 Å². The van der Waals surface area contributed by atoms with E-state index in [1.165, 1.54) is 19.2 Å². The van der Waals surface area contributed by atoms with Crippen molar-refractivity contribution in [3.05, 3.63) is 46.3 Å². The molecule has 2 rings (SSSR count). The topological polar surface area (TPSA) is 93.4 Å². The van der Waals surface area contributed by atoms with E-state index in [2.05, 4.69) is 10.4 Å².